The number of rotatable bonds is 2. The van der Waals surface area contributed by atoms with Gasteiger partial charge in [-0.05, 0) is 53.8 Å². The van der Waals surface area contributed by atoms with Crippen molar-refractivity contribution in [2.75, 3.05) is 11.9 Å². The van der Waals surface area contributed by atoms with Crippen molar-refractivity contribution >= 4 is 21.6 Å². The van der Waals surface area contributed by atoms with Crippen LogP contribution in [-0.2, 0) is 12.8 Å². The van der Waals surface area contributed by atoms with Crippen molar-refractivity contribution in [3.8, 4) is 5.75 Å². The van der Waals surface area contributed by atoms with Gasteiger partial charge in [0, 0.05) is 16.6 Å². The summed E-state index contributed by atoms with van der Waals surface area (Å²) in [4.78, 5) is 0. The van der Waals surface area contributed by atoms with Gasteiger partial charge in [0.05, 0.1) is 12.6 Å². The number of ether oxygens (including phenoxy) is 1. The minimum absolute atomic E-state index is 0.419. The molecule has 1 unspecified atom stereocenters. The van der Waals surface area contributed by atoms with E-state index in [0.29, 0.717) is 6.04 Å². The van der Waals surface area contributed by atoms with Crippen molar-refractivity contribution < 1.29 is 4.74 Å². The highest BCUT2D eigenvalue weighted by molar-refractivity contribution is 9.10. The maximum absolute atomic E-state index is 5.56. The van der Waals surface area contributed by atoms with Gasteiger partial charge in [-0.2, -0.15) is 0 Å². The molecule has 1 heterocycles. The maximum Gasteiger partial charge on any atom is 0.122 e. The first kappa shape index (κ1) is 12.3. The largest absolute Gasteiger partial charge is 0.493 e. The van der Waals surface area contributed by atoms with Crippen LogP contribution in [0.1, 0.15) is 29.2 Å². The first-order valence-corrected chi connectivity index (χ1v) is 7.90. The van der Waals surface area contributed by atoms with Crippen molar-refractivity contribution in [3.63, 3.8) is 0 Å². The van der Waals surface area contributed by atoms with E-state index in [1.54, 1.807) is 0 Å². The highest BCUT2D eigenvalue weighted by Crippen LogP contribution is 2.38. The lowest BCUT2D eigenvalue weighted by atomic mass is 10.1. The van der Waals surface area contributed by atoms with Crippen LogP contribution in [0.5, 0.6) is 5.75 Å². The monoisotopic (exact) mass is 329 g/mol. The highest BCUT2D eigenvalue weighted by atomic mass is 79.9. The Kier molecular flexibility index (Phi) is 2.95. The first-order valence-electron chi connectivity index (χ1n) is 7.11. The van der Waals surface area contributed by atoms with Gasteiger partial charge < -0.3 is 10.1 Å². The van der Waals surface area contributed by atoms with E-state index in [1.165, 1.54) is 26.9 Å². The molecule has 102 valence electrons. The van der Waals surface area contributed by atoms with Crippen LogP contribution in [0, 0.1) is 0 Å². The number of nitrogens with one attached hydrogen (secondary N) is 1. The summed E-state index contributed by atoms with van der Waals surface area (Å²) >= 11 is 3.66. The van der Waals surface area contributed by atoms with Crippen LogP contribution in [-0.4, -0.2) is 6.61 Å². The SMILES string of the molecule is Brc1cccc2c1CCC2Nc1ccc2c(c1)CCO2. The number of hydrogen-bond donors (Lipinski definition) is 1. The quantitative estimate of drug-likeness (QED) is 0.876. The molecule has 3 heteroatoms. The van der Waals surface area contributed by atoms with E-state index in [1.807, 2.05) is 0 Å². The predicted molar refractivity (Wildman–Crippen MR) is 84.5 cm³/mol. The van der Waals surface area contributed by atoms with Crippen LogP contribution in [0.25, 0.3) is 0 Å². The normalized spacial score (nSPS) is 19.4. The fourth-order valence-electron chi connectivity index (χ4n) is 3.24. The van der Waals surface area contributed by atoms with Gasteiger partial charge in [-0.15, -0.1) is 0 Å². The molecule has 2 aliphatic rings. The van der Waals surface area contributed by atoms with Crippen molar-refractivity contribution in [1.29, 1.82) is 0 Å². The molecule has 1 aliphatic carbocycles. The zero-order valence-electron chi connectivity index (χ0n) is 11.2. The van der Waals surface area contributed by atoms with Crippen LogP contribution in [0.15, 0.2) is 40.9 Å². The molecular formula is C17H16BrNO. The van der Waals surface area contributed by atoms with E-state index in [0.717, 1.165) is 31.6 Å². The second kappa shape index (κ2) is 4.81. The minimum atomic E-state index is 0.419. The second-order valence-electron chi connectivity index (χ2n) is 5.46. The molecule has 2 aromatic rings. The van der Waals surface area contributed by atoms with Gasteiger partial charge in [0.15, 0.2) is 0 Å². The Morgan fingerprint density at radius 3 is 3.05 bits per heavy atom. The van der Waals surface area contributed by atoms with E-state index in [2.05, 4.69) is 57.6 Å². The molecule has 0 fully saturated rings. The Hall–Kier alpha value is -1.48. The summed E-state index contributed by atoms with van der Waals surface area (Å²) in [6.07, 6.45) is 3.33. The highest BCUT2D eigenvalue weighted by Gasteiger charge is 2.24. The summed E-state index contributed by atoms with van der Waals surface area (Å²) in [6, 6.07) is 13.4. The fraction of sp³-hybridized carbons (Fsp3) is 0.294. The van der Waals surface area contributed by atoms with Crippen LogP contribution in [0.2, 0.25) is 0 Å². The van der Waals surface area contributed by atoms with Crippen molar-refractivity contribution in [2.24, 2.45) is 0 Å². The Balaban J connectivity index is 1.61. The Morgan fingerprint density at radius 2 is 2.10 bits per heavy atom. The lowest BCUT2D eigenvalue weighted by molar-refractivity contribution is 0.357. The average molecular weight is 330 g/mol. The summed E-state index contributed by atoms with van der Waals surface area (Å²) in [5, 5.41) is 3.68. The Bertz CT molecular complexity index is 668. The predicted octanol–water partition coefficient (Wildman–Crippen LogP) is 4.48. The summed E-state index contributed by atoms with van der Waals surface area (Å²) in [5.41, 5.74) is 5.40. The van der Waals surface area contributed by atoms with Gasteiger partial charge in [0.2, 0.25) is 0 Å². The van der Waals surface area contributed by atoms with Gasteiger partial charge >= 0.3 is 0 Å². The second-order valence-corrected chi connectivity index (χ2v) is 6.32. The lowest BCUT2D eigenvalue weighted by Crippen LogP contribution is -2.07. The molecule has 0 aromatic heterocycles. The van der Waals surface area contributed by atoms with E-state index in [9.17, 15) is 0 Å². The summed E-state index contributed by atoms with van der Waals surface area (Å²) < 4.78 is 6.80. The molecule has 1 atom stereocenters. The minimum Gasteiger partial charge on any atom is -0.493 e. The molecule has 4 rings (SSSR count). The number of hydrogen-bond acceptors (Lipinski definition) is 2. The lowest BCUT2D eigenvalue weighted by Gasteiger charge is -2.16. The van der Waals surface area contributed by atoms with Gasteiger partial charge in [-0.25, -0.2) is 0 Å². The molecule has 0 radical (unpaired) electrons. The first-order chi connectivity index (χ1) is 9.81. The molecule has 0 amide bonds. The standard InChI is InChI=1S/C17H16BrNO/c18-15-3-1-2-14-13(15)5-6-16(14)19-12-4-7-17-11(10-12)8-9-20-17/h1-4,7,10,16,19H,5-6,8-9H2. The van der Waals surface area contributed by atoms with Gasteiger partial charge in [-0.3, -0.25) is 0 Å². The van der Waals surface area contributed by atoms with Crippen LogP contribution >= 0.6 is 15.9 Å². The number of anilines is 1. The molecule has 0 bridgehead atoms. The third-order valence-electron chi connectivity index (χ3n) is 4.24. The Morgan fingerprint density at radius 1 is 1.15 bits per heavy atom. The van der Waals surface area contributed by atoms with Crippen LogP contribution in [0.3, 0.4) is 0 Å². The number of benzene rings is 2. The van der Waals surface area contributed by atoms with Gasteiger partial charge in [-0.1, -0.05) is 28.1 Å². The van der Waals surface area contributed by atoms with Gasteiger partial charge in [0.25, 0.3) is 0 Å². The van der Waals surface area contributed by atoms with Gasteiger partial charge in [0.1, 0.15) is 5.75 Å². The Labute approximate surface area is 127 Å². The summed E-state index contributed by atoms with van der Waals surface area (Å²) in [6.45, 7) is 0.817. The van der Waals surface area contributed by atoms with E-state index < -0.39 is 0 Å². The van der Waals surface area contributed by atoms with Crippen molar-refractivity contribution in [3.05, 3.63) is 57.6 Å². The zero-order chi connectivity index (χ0) is 13.5. The van der Waals surface area contributed by atoms with Crippen LogP contribution < -0.4 is 10.1 Å². The average Bonchev–Trinajstić information content (AvgIpc) is 3.06. The summed E-state index contributed by atoms with van der Waals surface area (Å²) in [7, 11) is 0. The zero-order valence-corrected chi connectivity index (χ0v) is 12.7. The van der Waals surface area contributed by atoms with Crippen LogP contribution in [0.4, 0.5) is 5.69 Å². The topological polar surface area (TPSA) is 21.3 Å². The number of halogens is 1. The molecule has 20 heavy (non-hydrogen) atoms. The van der Waals surface area contributed by atoms with E-state index in [-0.39, 0.29) is 0 Å². The maximum atomic E-state index is 5.56. The number of fused-ring (bicyclic) bond motifs is 2. The molecule has 2 nitrogen and oxygen atoms in total. The molecule has 1 aliphatic heterocycles. The van der Waals surface area contributed by atoms with Crippen molar-refractivity contribution in [2.45, 2.75) is 25.3 Å². The third kappa shape index (κ3) is 2.01. The molecule has 0 saturated heterocycles. The third-order valence-corrected chi connectivity index (χ3v) is 4.99. The van der Waals surface area contributed by atoms with E-state index >= 15 is 0 Å². The molecule has 0 saturated carbocycles. The smallest absolute Gasteiger partial charge is 0.122 e. The summed E-state index contributed by atoms with van der Waals surface area (Å²) in [5.74, 6) is 1.05. The van der Waals surface area contributed by atoms with Crippen molar-refractivity contribution in [1.82, 2.24) is 0 Å². The van der Waals surface area contributed by atoms with E-state index in [4.69, 9.17) is 4.74 Å². The molecule has 0 spiro atoms. The molecule has 2 aromatic carbocycles. The molecule has 1 N–H and O–H groups in total. The molecular weight excluding hydrogens is 314 g/mol. The fourth-order valence-corrected chi connectivity index (χ4v) is 3.82.